The summed E-state index contributed by atoms with van der Waals surface area (Å²) in [4.78, 5) is 12.1. The molecular formula is C15H28N2O3. The summed E-state index contributed by atoms with van der Waals surface area (Å²) in [6, 6.07) is 0. The van der Waals surface area contributed by atoms with Crippen molar-refractivity contribution >= 4 is 6.09 Å². The summed E-state index contributed by atoms with van der Waals surface area (Å²) < 4.78 is 5.39. The van der Waals surface area contributed by atoms with E-state index in [1.165, 1.54) is 6.42 Å². The van der Waals surface area contributed by atoms with E-state index in [4.69, 9.17) is 10.5 Å². The first-order valence-corrected chi connectivity index (χ1v) is 7.64. The van der Waals surface area contributed by atoms with Crippen molar-refractivity contribution in [3.63, 3.8) is 0 Å². The highest BCUT2D eigenvalue weighted by Gasteiger charge is 2.56. The molecule has 0 aliphatic heterocycles. The van der Waals surface area contributed by atoms with Crippen LogP contribution in [0.1, 0.15) is 65.7 Å². The molecule has 2 rings (SSSR count). The number of hydrogen-bond acceptors (Lipinski definition) is 4. The lowest BCUT2D eigenvalue weighted by Crippen LogP contribution is -2.75. The van der Waals surface area contributed by atoms with Crippen molar-refractivity contribution in [2.24, 2.45) is 5.73 Å². The molecule has 0 unspecified atom stereocenters. The Hall–Kier alpha value is -0.810. The molecule has 0 aromatic heterocycles. The quantitative estimate of drug-likeness (QED) is 0.724. The number of ether oxygens (including phenoxy) is 1. The van der Waals surface area contributed by atoms with Crippen LogP contribution in [-0.4, -0.2) is 34.0 Å². The van der Waals surface area contributed by atoms with Crippen molar-refractivity contribution in [3.05, 3.63) is 0 Å². The van der Waals surface area contributed by atoms with Gasteiger partial charge in [0.1, 0.15) is 5.60 Å². The Kier molecular flexibility index (Phi) is 4.04. The van der Waals surface area contributed by atoms with Crippen molar-refractivity contribution < 1.29 is 14.6 Å². The number of alkyl carbamates (subject to hydrolysis) is 1. The fourth-order valence-electron chi connectivity index (χ4n) is 3.57. The second kappa shape index (κ2) is 5.19. The molecule has 5 nitrogen and oxygen atoms in total. The summed E-state index contributed by atoms with van der Waals surface area (Å²) in [6.45, 7) is 5.56. The van der Waals surface area contributed by atoms with Gasteiger partial charge in [0, 0.05) is 5.54 Å². The Morgan fingerprint density at radius 3 is 2.25 bits per heavy atom. The average molecular weight is 284 g/mol. The Bertz CT molecular complexity index is 364. The molecule has 0 aromatic rings. The second-order valence-electron chi connectivity index (χ2n) is 7.49. The molecule has 0 radical (unpaired) electrons. The first kappa shape index (κ1) is 15.6. The summed E-state index contributed by atoms with van der Waals surface area (Å²) in [7, 11) is 0. The Morgan fingerprint density at radius 1 is 1.25 bits per heavy atom. The maximum atomic E-state index is 12.1. The molecule has 20 heavy (non-hydrogen) atoms. The van der Waals surface area contributed by atoms with Crippen LogP contribution < -0.4 is 11.1 Å². The molecule has 1 amide bonds. The zero-order valence-electron chi connectivity index (χ0n) is 12.9. The van der Waals surface area contributed by atoms with Gasteiger partial charge in [-0.15, -0.1) is 0 Å². The van der Waals surface area contributed by atoms with Crippen molar-refractivity contribution in [1.82, 2.24) is 5.32 Å². The number of amides is 1. The molecule has 0 heterocycles. The van der Waals surface area contributed by atoms with E-state index < -0.39 is 22.8 Å². The average Bonchev–Trinajstić information content (AvgIpc) is 2.25. The molecule has 116 valence electrons. The fourth-order valence-corrected chi connectivity index (χ4v) is 3.57. The van der Waals surface area contributed by atoms with Gasteiger partial charge in [-0.2, -0.15) is 0 Å². The molecule has 0 spiro atoms. The number of aliphatic hydroxyl groups excluding tert-OH is 1. The van der Waals surface area contributed by atoms with Crippen LogP contribution >= 0.6 is 0 Å². The molecular weight excluding hydrogens is 256 g/mol. The third kappa shape index (κ3) is 3.09. The topological polar surface area (TPSA) is 84.6 Å². The second-order valence-corrected chi connectivity index (χ2v) is 7.49. The van der Waals surface area contributed by atoms with Crippen LogP contribution in [0.25, 0.3) is 0 Å². The van der Waals surface area contributed by atoms with E-state index >= 15 is 0 Å². The molecule has 5 heteroatoms. The van der Waals surface area contributed by atoms with Crippen LogP contribution in [-0.2, 0) is 4.74 Å². The molecule has 0 saturated heterocycles. The van der Waals surface area contributed by atoms with E-state index in [-0.39, 0.29) is 6.10 Å². The highest BCUT2D eigenvalue weighted by molar-refractivity contribution is 5.69. The first-order valence-electron chi connectivity index (χ1n) is 7.64. The summed E-state index contributed by atoms with van der Waals surface area (Å²) in [5, 5.41) is 12.7. The van der Waals surface area contributed by atoms with E-state index in [1.807, 2.05) is 20.8 Å². The van der Waals surface area contributed by atoms with Crippen molar-refractivity contribution in [2.45, 2.75) is 88.5 Å². The van der Waals surface area contributed by atoms with Crippen LogP contribution in [0.15, 0.2) is 0 Å². The fraction of sp³-hybridized carbons (Fsp3) is 0.933. The van der Waals surface area contributed by atoms with Crippen molar-refractivity contribution in [3.8, 4) is 0 Å². The van der Waals surface area contributed by atoms with Gasteiger partial charge in [0.15, 0.2) is 0 Å². The molecule has 0 bridgehead atoms. The highest BCUT2D eigenvalue weighted by atomic mass is 16.6. The predicted molar refractivity (Wildman–Crippen MR) is 77.3 cm³/mol. The number of rotatable bonds is 2. The summed E-state index contributed by atoms with van der Waals surface area (Å²) in [5.41, 5.74) is 5.05. The number of carbonyl (C=O) groups excluding carboxylic acids is 1. The van der Waals surface area contributed by atoms with Gasteiger partial charge in [0.25, 0.3) is 0 Å². The minimum absolute atomic E-state index is 0.334. The number of nitrogens with one attached hydrogen (secondary N) is 1. The van der Waals surface area contributed by atoms with Crippen LogP contribution in [0, 0.1) is 0 Å². The normalized spacial score (nSPS) is 33.1. The zero-order valence-corrected chi connectivity index (χ0v) is 12.9. The molecule has 0 aromatic carbocycles. The smallest absolute Gasteiger partial charge is 0.408 e. The standard InChI is InChI=1S/C15H28N2O3/c1-13(2,3)20-12(19)17-15(7-5-4-6-8-15)14(16)9-11(18)10-14/h11,18H,4-10,16H2,1-3H3,(H,17,19). The third-order valence-electron chi connectivity index (χ3n) is 4.60. The number of hydrogen-bond donors (Lipinski definition) is 3. The van der Waals surface area contributed by atoms with Crippen molar-refractivity contribution in [2.75, 3.05) is 0 Å². The predicted octanol–water partition coefficient (Wildman–Crippen LogP) is 2.07. The lowest BCUT2D eigenvalue weighted by Gasteiger charge is -2.57. The zero-order chi connectivity index (χ0) is 15.0. The highest BCUT2D eigenvalue weighted by Crippen LogP contribution is 2.46. The Morgan fingerprint density at radius 2 is 1.80 bits per heavy atom. The SMILES string of the molecule is CC(C)(C)OC(=O)NC1(C2(N)CC(O)C2)CCCCC1. The summed E-state index contributed by atoms with van der Waals surface area (Å²) in [5.74, 6) is 0. The van der Waals surface area contributed by atoms with E-state index in [0.717, 1.165) is 25.7 Å². The number of aliphatic hydroxyl groups is 1. The van der Waals surface area contributed by atoms with Gasteiger partial charge < -0.3 is 20.9 Å². The molecule has 2 saturated carbocycles. The van der Waals surface area contributed by atoms with Crippen LogP contribution in [0.3, 0.4) is 0 Å². The lowest BCUT2D eigenvalue weighted by atomic mass is 9.58. The van der Waals surface area contributed by atoms with Crippen molar-refractivity contribution in [1.29, 1.82) is 0 Å². The first-order chi connectivity index (χ1) is 9.16. The monoisotopic (exact) mass is 284 g/mol. The largest absolute Gasteiger partial charge is 0.444 e. The maximum Gasteiger partial charge on any atom is 0.408 e. The third-order valence-corrected chi connectivity index (χ3v) is 4.60. The molecule has 0 atom stereocenters. The maximum absolute atomic E-state index is 12.1. The van der Waals surface area contributed by atoms with E-state index in [9.17, 15) is 9.90 Å². The summed E-state index contributed by atoms with van der Waals surface area (Å²) >= 11 is 0. The molecule has 2 aliphatic rings. The van der Waals surface area contributed by atoms with E-state index in [1.54, 1.807) is 0 Å². The van der Waals surface area contributed by atoms with E-state index in [0.29, 0.717) is 12.8 Å². The molecule has 4 N–H and O–H groups in total. The van der Waals surface area contributed by atoms with E-state index in [2.05, 4.69) is 5.32 Å². The summed E-state index contributed by atoms with van der Waals surface area (Å²) in [6.07, 6.45) is 5.42. The van der Waals surface area contributed by atoms with Gasteiger partial charge in [-0.1, -0.05) is 19.3 Å². The lowest BCUT2D eigenvalue weighted by molar-refractivity contribution is -0.0477. The Labute approximate surface area is 121 Å². The van der Waals surface area contributed by atoms with Crippen LogP contribution in [0.5, 0.6) is 0 Å². The van der Waals surface area contributed by atoms with Crippen LogP contribution in [0.4, 0.5) is 4.79 Å². The van der Waals surface area contributed by atoms with Gasteiger partial charge in [0.05, 0.1) is 11.6 Å². The molecule has 2 aliphatic carbocycles. The van der Waals surface area contributed by atoms with Gasteiger partial charge in [0.2, 0.25) is 0 Å². The number of carbonyl (C=O) groups is 1. The van der Waals surface area contributed by atoms with Gasteiger partial charge in [-0.05, 0) is 46.5 Å². The number of nitrogens with two attached hydrogens (primary N) is 1. The van der Waals surface area contributed by atoms with Gasteiger partial charge >= 0.3 is 6.09 Å². The minimum atomic E-state index is -0.513. The Balaban J connectivity index is 2.10. The van der Waals surface area contributed by atoms with Crippen LogP contribution in [0.2, 0.25) is 0 Å². The molecule has 2 fully saturated rings. The van der Waals surface area contributed by atoms with Gasteiger partial charge in [-0.3, -0.25) is 0 Å². The minimum Gasteiger partial charge on any atom is -0.444 e. The van der Waals surface area contributed by atoms with Gasteiger partial charge in [-0.25, -0.2) is 4.79 Å².